The highest BCUT2D eigenvalue weighted by atomic mass is 32.1. The highest BCUT2D eigenvalue weighted by Gasteiger charge is 2.54. The molecule has 1 saturated heterocycles. The first-order valence-corrected chi connectivity index (χ1v) is 8.75. The van der Waals surface area contributed by atoms with Gasteiger partial charge in [-0.3, -0.25) is 9.59 Å². The molecule has 3 rings (SSSR count). The molecule has 120 valence electrons. The maximum atomic E-state index is 12.8. The molecular formula is C16H22N2O3S. The molecule has 6 heteroatoms. The molecule has 0 aromatic carbocycles. The van der Waals surface area contributed by atoms with Crippen LogP contribution < -0.4 is 0 Å². The van der Waals surface area contributed by atoms with E-state index in [4.69, 9.17) is 4.74 Å². The van der Waals surface area contributed by atoms with Crippen LogP contribution in [0.25, 0.3) is 0 Å². The lowest BCUT2D eigenvalue weighted by Gasteiger charge is -2.30. The summed E-state index contributed by atoms with van der Waals surface area (Å²) >= 11 is 1.63. The van der Waals surface area contributed by atoms with Crippen LogP contribution in [0.2, 0.25) is 0 Å². The van der Waals surface area contributed by atoms with Crippen LogP contribution in [0.4, 0.5) is 0 Å². The van der Waals surface area contributed by atoms with Gasteiger partial charge in [0.2, 0.25) is 5.91 Å². The van der Waals surface area contributed by atoms with E-state index >= 15 is 0 Å². The summed E-state index contributed by atoms with van der Waals surface area (Å²) in [5.74, 6) is -0.461. The van der Waals surface area contributed by atoms with Gasteiger partial charge in [-0.25, -0.2) is 4.98 Å². The predicted octanol–water partition coefficient (Wildman–Crippen LogP) is 2.33. The number of likely N-dealkylation sites (N-methyl/N-ethyl adjacent to an activating group) is 1. The number of nitrogens with zero attached hydrogens (tertiary/aromatic N) is 2. The molecule has 1 amide bonds. The van der Waals surface area contributed by atoms with Crippen molar-refractivity contribution in [2.75, 3.05) is 13.6 Å². The van der Waals surface area contributed by atoms with Gasteiger partial charge in [-0.2, -0.15) is 0 Å². The van der Waals surface area contributed by atoms with Crippen molar-refractivity contribution in [3.05, 3.63) is 16.1 Å². The Kier molecular flexibility index (Phi) is 4.21. The van der Waals surface area contributed by atoms with E-state index in [-0.39, 0.29) is 24.2 Å². The number of aryl methyl sites for hydroxylation is 1. The lowest BCUT2D eigenvalue weighted by molar-refractivity contribution is -0.151. The molecule has 1 aromatic rings. The molecule has 1 spiro atoms. The summed E-state index contributed by atoms with van der Waals surface area (Å²) in [6.45, 7) is 2.65. The number of esters is 1. The number of hydrogen-bond donors (Lipinski definition) is 0. The summed E-state index contributed by atoms with van der Waals surface area (Å²) in [4.78, 5) is 31.7. The molecule has 2 heterocycles. The molecule has 0 bridgehead atoms. The van der Waals surface area contributed by atoms with Gasteiger partial charge in [0.05, 0.1) is 23.5 Å². The highest BCUT2D eigenvalue weighted by molar-refractivity contribution is 7.09. The second kappa shape index (κ2) is 5.99. The van der Waals surface area contributed by atoms with Crippen LogP contribution in [-0.4, -0.2) is 41.0 Å². The third-order valence-electron chi connectivity index (χ3n) is 4.97. The van der Waals surface area contributed by atoms with E-state index in [1.165, 1.54) is 4.88 Å². The zero-order chi connectivity index (χ0) is 15.7. The Morgan fingerprint density at radius 2 is 2.23 bits per heavy atom. The topological polar surface area (TPSA) is 59.5 Å². The van der Waals surface area contributed by atoms with Gasteiger partial charge in [0.25, 0.3) is 0 Å². The SMILES string of the molecule is Cc1ncsc1CCN(C)C(=O)C1CC(=O)OC12CCCC2. The number of amides is 1. The lowest BCUT2D eigenvalue weighted by atomic mass is 9.84. The summed E-state index contributed by atoms with van der Waals surface area (Å²) in [6, 6.07) is 0. The standard InChI is InChI=1S/C16H22N2O3S/c1-11-13(22-10-17-11)5-8-18(2)15(20)12-9-14(19)21-16(12)6-3-4-7-16/h10,12H,3-9H2,1-2H3. The Bertz CT molecular complexity index is 578. The van der Waals surface area contributed by atoms with Crippen molar-refractivity contribution in [2.45, 2.75) is 51.0 Å². The Balaban J connectivity index is 1.65. The molecule has 1 aromatic heterocycles. The van der Waals surface area contributed by atoms with Gasteiger partial charge in [-0.15, -0.1) is 11.3 Å². The first kappa shape index (κ1) is 15.5. The first-order chi connectivity index (χ1) is 10.5. The predicted molar refractivity (Wildman–Crippen MR) is 83.6 cm³/mol. The smallest absolute Gasteiger partial charge is 0.307 e. The van der Waals surface area contributed by atoms with E-state index in [0.29, 0.717) is 6.54 Å². The van der Waals surface area contributed by atoms with E-state index < -0.39 is 5.60 Å². The van der Waals surface area contributed by atoms with Crippen molar-refractivity contribution in [3.63, 3.8) is 0 Å². The van der Waals surface area contributed by atoms with E-state index in [9.17, 15) is 9.59 Å². The van der Waals surface area contributed by atoms with Crippen molar-refractivity contribution >= 4 is 23.2 Å². The number of carbonyl (C=O) groups excluding carboxylic acids is 2. The van der Waals surface area contributed by atoms with Gasteiger partial charge in [-0.1, -0.05) is 0 Å². The average molecular weight is 322 g/mol. The maximum absolute atomic E-state index is 12.8. The number of carbonyl (C=O) groups is 2. The van der Waals surface area contributed by atoms with Crippen molar-refractivity contribution in [2.24, 2.45) is 5.92 Å². The van der Waals surface area contributed by atoms with Crippen molar-refractivity contribution in [1.82, 2.24) is 9.88 Å². The molecule has 0 radical (unpaired) electrons. The Labute approximate surface area is 134 Å². The van der Waals surface area contributed by atoms with Gasteiger partial charge < -0.3 is 9.64 Å². The van der Waals surface area contributed by atoms with Crippen molar-refractivity contribution in [1.29, 1.82) is 0 Å². The van der Waals surface area contributed by atoms with Crippen molar-refractivity contribution in [3.8, 4) is 0 Å². The van der Waals surface area contributed by atoms with Gasteiger partial charge in [0.15, 0.2) is 0 Å². The first-order valence-electron chi connectivity index (χ1n) is 7.87. The quantitative estimate of drug-likeness (QED) is 0.798. The minimum Gasteiger partial charge on any atom is -0.458 e. The molecule has 0 N–H and O–H groups in total. The zero-order valence-electron chi connectivity index (χ0n) is 13.1. The number of thiazole rings is 1. The molecule has 22 heavy (non-hydrogen) atoms. The van der Waals surface area contributed by atoms with Crippen LogP contribution in [0, 0.1) is 12.8 Å². The minimum absolute atomic E-state index is 0.0509. The van der Waals surface area contributed by atoms with Crippen LogP contribution in [0.5, 0.6) is 0 Å². The second-order valence-corrected chi connectivity index (χ2v) is 7.31. The molecule has 2 fully saturated rings. The van der Waals surface area contributed by atoms with Crippen LogP contribution in [0.3, 0.4) is 0 Å². The summed E-state index contributed by atoms with van der Waals surface area (Å²) in [6.07, 6.45) is 4.80. The van der Waals surface area contributed by atoms with Crippen LogP contribution in [0.1, 0.15) is 42.7 Å². The van der Waals surface area contributed by atoms with E-state index in [1.807, 2.05) is 19.5 Å². The van der Waals surface area contributed by atoms with Crippen LogP contribution >= 0.6 is 11.3 Å². The largest absolute Gasteiger partial charge is 0.458 e. The number of hydrogen-bond acceptors (Lipinski definition) is 5. The number of rotatable bonds is 4. The van der Waals surface area contributed by atoms with Gasteiger partial charge in [-0.05, 0) is 32.6 Å². The lowest BCUT2D eigenvalue weighted by Crippen LogP contribution is -2.44. The molecule has 1 aliphatic heterocycles. The molecule has 2 aliphatic rings. The molecule has 1 aliphatic carbocycles. The van der Waals surface area contributed by atoms with Gasteiger partial charge in [0.1, 0.15) is 5.60 Å². The fraction of sp³-hybridized carbons (Fsp3) is 0.688. The molecule has 5 nitrogen and oxygen atoms in total. The Morgan fingerprint density at radius 3 is 2.86 bits per heavy atom. The maximum Gasteiger partial charge on any atom is 0.307 e. The summed E-state index contributed by atoms with van der Waals surface area (Å²) < 4.78 is 5.57. The Hall–Kier alpha value is -1.43. The second-order valence-electron chi connectivity index (χ2n) is 6.37. The highest BCUT2D eigenvalue weighted by Crippen LogP contribution is 2.46. The summed E-state index contributed by atoms with van der Waals surface area (Å²) in [7, 11) is 1.82. The fourth-order valence-corrected chi connectivity index (χ4v) is 4.41. The monoisotopic (exact) mass is 322 g/mol. The molecule has 1 unspecified atom stereocenters. The third-order valence-corrected chi connectivity index (χ3v) is 5.96. The normalized spacial score (nSPS) is 23.0. The Morgan fingerprint density at radius 1 is 1.50 bits per heavy atom. The molecule has 1 atom stereocenters. The summed E-state index contributed by atoms with van der Waals surface area (Å²) in [5, 5.41) is 0. The average Bonchev–Trinajstić information content (AvgIpc) is 3.18. The zero-order valence-corrected chi connectivity index (χ0v) is 13.9. The molecular weight excluding hydrogens is 300 g/mol. The van der Waals surface area contributed by atoms with Crippen molar-refractivity contribution < 1.29 is 14.3 Å². The van der Waals surface area contributed by atoms with Gasteiger partial charge >= 0.3 is 5.97 Å². The summed E-state index contributed by atoms with van der Waals surface area (Å²) in [5.41, 5.74) is 2.37. The molecule has 1 saturated carbocycles. The van der Waals surface area contributed by atoms with Crippen LogP contribution in [-0.2, 0) is 20.7 Å². The van der Waals surface area contributed by atoms with Crippen LogP contribution in [0.15, 0.2) is 5.51 Å². The number of aromatic nitrogens is 1. The number of ether oxygens (including phenoxy) is 1. The van der Waals surface area contributed by atoms with Gasteiger partial charge in [0, 0.05) is 24.9 Å². The fourth-order valence-electron chi connectivity index (χ4n) is 3.64. The third kappa shape index (κ3) is 2.76. The minimum atomic E-state index is -0.511. The van der Waals surface area contributed by atoms with E-state index in [0.717, 1.165) is 37.8 Å². The van der Waals surface area contributed by atoms with E-state index in [2.05, 4.69) is 4.98 Å². The van der Waals surface area contributed by atoms with E-state index in [1.54, 1.807) is 16.2 Å².